The highest BCUT2D eigenvalue weighted by atomic mass is 35.5. The summed E-state index contributed by atoms with van der Waals surface area (Å²) >= 11 is 6.06. The van der Waals surface area contributed by atoms with Crippen LogP contribution in [0.2, 0.25) is 5.02 Å². The quantitative estimate of drug-likeness (QED) is 0.616. The molecule has 0 saturated carbocycles. The van der Waals surface area contributed by atoms with Crippen LogP contribution < -0.4 is 5.32 Å². The fraction of sp³-hybridized carbons (Fsp3) is 0.125. The van der Waals surface area contributed by atoms with E-state index in [1.54, 1.807) is 29.6 Å². The summed E-state index contributed by atoms with van der Waals surface area (Å²) in [4.78, 5) is 17.7. The van der Waals surface area contributed by atoms with E-state index < -0.39 is 0 Å². The minimum atomic E-state index is 0.528. The lowest BCUT2D eigenvalue weighted by Crippen LogP contribution is -2.05. The minimum absolute atomic E-state index is 0.528. The second-order valence-electron chi connectivity index (χ2n) is 5.18. The van der Waals surface area contributed by atoms with E-state index in [0.29, 0.717) is 22.3 Å². The molecule has 1 aromatic carbocycles. The predicted molar refractivity (Wildman–Crippen MR) is 92.9 cm³/mol. The second kappa shape index (κ2) is 5.93. The molecule has 7 nitrogen and oxygen atoms in total. The van der Waals surface area contributed by atoms with Gasteiger partial charge in [0.2, 0.25) is 5.95 Å². The van der Waals surface area contributed by atoms with E-state index in [4.69, 9.17) is 11.6 Å². The van der Waals surface area contributed by atoms with Gasteiger partial charge in [0.25, 0.3) is 0 Å². The predicted octanol–water partition coefficient (Wildman–Crippen LogP) is 3.43. The van der Waals surface area contributed by atoms with Gasteiger partial charge in [-0.05, 0) is 25.1 Å². The molecule has 0 atom stereocenters. The molecule has 8 heteroatoms. The number of nitrogens with zero attached hydrogens (tertiary/aromatic N) is 6. The van der Waals surface area contributed by atoms with Gasteiger partial charge in [0.15, 0.2) is 17.0 Å². The van der Waals surface area contributed by atoms with Gasteiger partial charge in [0.05, 0.1) is 6.33 Å². The highest BCUT2D eigenvalue weighted by Gasteiger charge is 2.14. The average molecular weight is 340 g/mol. The highest BCUT2D eigenvalue weighted by Crippen LogP contribution is 2.25. The van der Waals surface area contributed by atoms with Crippen molar-refractivity contribution in [1.82, 2.24) is 29.1 Å². The van der Waals surface area contributed by atoms with E-state index in [-0.39, 0.29) is 0 Å². The SMILES string of the molecule is CCn1cnc2c(Nc3cccc(Cl)c3)nc(-n3ccnc3)nc21. The fourth-order valence-electron chi connectivity index (χ4n) is 2.45. The normalized spacial score (nSPS) is 11.1. The van der Waals surface area contributed by atoms with Gasteiger partial charge in [-0.1, -0.05) is 17.7 Å². The molecule has 24 heavy (non-hydrogen) atoms. The number of benzene rings is 1. The van der Waals surface area contributed by atoms with Crippen LogP contribution in [0.4, 0.5) is 11.5 Å². The van der Waals surface area contributed by atoms with Crippen LogP contribution in [0.3, 0.4) is 0 Å². The van der Waals surface area contributed by atoms with Gasteiger partial charge in [0, 0.05) is 29.6 Å². The molecule has 1 N–H and O–H groups in total. The van der Waals surface area contributed by atoms with Crippen LogP contribution in [0.25, 0.3) is 17.1 Å². The molecule has 0 aliphatic heterocycles. The van der Waals surface area contributed by atoms with E-state index in [0.717, 1.165) is 17.9 Å². The maximum absolute atomic E-state index is 6.06. The van der Waals surface area contributed by atoms with Gasteiger partial charge in [-0.2, -0.15) is 9.97 Å². The van der Waals surface area contributed by atoms with Crippen LogP contribution in [-0.4, -0.2) is 29.1 Å². The lowest BCUT2D eigenvalue weighted by molar-refractivity contribution is 0.774. The standard InChI is InChI=1S/C16H14ClN7/c1-2-23-10-19-13-14(20-12-5-3-4-11(17)8-12)21-16(22-15(13)23)24-7-6-18-9-24/h3-10H,2H2,1H3,(H,20,21,22). The smallest absolute Gasteiger partial charge is 0.239 e. The molecule has 0 aliphatic rings. The van der Waals surface area contributed by atoms with E-state index in [1.807, 2.05) is 35.8 Å². The third-order valence-corrected chi connectivity index (χ3v) is 3.85. The number of halogens is 1. The van der Waals surface area contributed by atoms with Gasteiger partial charge in [0.1, 0.15) is 6.33 Å². The molecule has 0 unspecified atom stereocenters. The zero-order valence-electron chi connectivity index (χ0n) is 12.9. The summed E-state index contributed by atoms with van der Waals surface area (Å²) in [5.41, 5.74) is 2.31. The molecule has 3 aromatic heterocycles. The van der Waals surface area contributed by atoms with E-state index in [1.165, 1.54) is 0 Å². The first-order chi connectivity index (χ1) is 11.7. The summed E-state index contributed by atoms with van der Waals surface area (Å²) in [6.07, 6.45) is 6.92. The number of imidazole rings is 2. The summed E-state index contributed by atoms with van der Waals surface area (Å²) in [6.45, 7) is 2.82. The van der Waals surface area contributed by atoms with Crippen LogP contribution in [0.1, 0.15) is 6.92 Å². The van der Waals surface area contributed by atoms with Crippen molar-refractivity contribution in [3.63, 3.8) is 0 Å². The summed E-state index contributed by atoms with van der Waals surface area (Å²) in [5.74, 6) is 1.15. The number of hydrogen-bond acceptors (Lipinski definition) is 5. The molecule has 0 radical (unpaired) electrons. The molecular formula is C16H14ClN7. The number of nitrogens with one attached hydrogen (secondary N) is 1. The molecule has 0 bridgehead atoms. The van der Waals surface area contributed by atoms with Crippen molar-refractivity contribution in [3.05, 3.63) is 54.3 Å². The first-order valence-corrected chi connectivity index (χ1v) is 7.86. The molecule has 0 fully saturated rings. The monoisotopic (exact) mass is 339 g/mol. The van der Waals surface area contributed by atoms with Crippen LogP contribution >= 0.6 is 11.6 Å². The maximum Gasteiger partial charge on any atom is 0.239 e. The van der Waals surface area contributed by atoms with Gasteiger partial charge < -0.3 is 9.88 Å². The van der Waals surface area contributed by atoms with Crippen molar-refractivity contribution in [3.8, 4) is 5.95 Å². The Morgan fingerprint density at radius 1 is 1.21 bits per heavy atom. The summed E-state index contributed by atoms with van der Waals surface area (Å²) < 4.78 is 3.73. The molecule has 0 spiro atoms. The molecule has 0 amide bonds. The van der Waals surface area contributed by atoms with Gasteiger partial charge in [-0.3, -0.25) is 4.57 Å². The van der Waals surface area contributed by atoms with Crippen molar-refractivity contribution in [2.75, 3.05) is 5.32 Å². The summed E-state index contributed by atoms with van der Waals surface area (Å²) in [7, 11) is 0. The molecular weight excluding hydrogens is 326 g/mol. The first-order valence-electron chi connectivity index (χ1n) is 7.48. The van der Waals surface area contributed by atoms with E-state index in [2.05, 4.69) is 25.3 Å². The summed E-state index contributed by atoms with van der Waals surface area (Å²) in [6, 6.07) is 7.46. The van der Waals surface area contributed by atoms with Crippen LogP contribution in [-0.2, 0) is 6.54 Å². The van der Waals surface area contributed by atoms with Crippen molar-refractivity contribution in [1.29, 1.82) is 0 Å². The maximum atomic E-state index is 6.06. The minimum Gasteiger partial charge on any atom is -0.338 e. The van der Waals surface area contributed by atoms with Crippen molar-refractivity contribution in [2.24, 2.45) is 0 Å². The van der Waals surface area contributed by atoms with Crippen LogP contribution in [0.5, 0.6) is 0 Å². The van der Waals surface area contributed by atoms with Crippen molar-refractivity contribution < 1.29 is 0 Å². The third-order valence-electron chi connectivity index (χ3n) is 3.62. The molecule has 4 rings (SSSR count). The Morgan fingerprint density at radius 2 is 2.12 bits per heavy atom. The topological polar surface area (TPSA) is 73.5 Å². The van der Waals surface area contributed by atoms with Gasteiger partial charge in [-0.25, -0.2) is 9.97 Å². The largest absolute Gasteiger partial charge is 0.338 e. The second-order valence-corrected chi connectivity index (χ2v) is 5.62. The Hall–Kier alpha value is -2.93. The Bertz CT molecular complexity index is 991. The highest BCUT2D eigenvalue weighted by molar-refractivity contribution is 6.30. The molecule has 0 saturated heterocycles. The van der Waals surface area contributed by atoms with Crippen LogP contribution in [0.15, 0.2) is 49.3 Å². The van der Waals surface area contributed by atoms with Crippen molar-refractivity contribution in [2.45, 2.75) is 13.5 Å². The van der Waals surface area contributed by atoms with E-state index in [9.17, 15) is 0 Å². The van der Waals surface area contributed by atoms with Crippen molar-refractivity contribution >= 4 is 34.3 Å². The number of rotatable bonds is 4. The Labute approximate surface area is 143 Å². The fourth-order valence-corrected chi connectivity index (χ4v) is 2.64. The van der Waals surface area contributed by atoms with Gasteiger partial charge in [-0.15, -0.1) is 0 Å². The number of aromatic nitrogens is 6. The number of anilines is 2. The molecule has 4 aromatic rings. The Balaban J connectivity index is 1.88. The Kier molecular flexibility index (Phi) is 3.62. The van der Waals surface area contributed by atoms with Crippen LogP contribution in [0, 0.1) is 0 Å². The molecule has 120 valence electrons. The first kappa shape index (κ1) is 14.6. The average Bonchev–Trinajstić information content (AvgIpc) is 3.24. The molecule has 0 aliphatic carbocycles. The zero-order valence-corrected chi connectivity index (χ0v) is 13.6. The third kappa shape index (κ3) is 2.59. The Morgan fingerprint density at radius 3 is 2.88 bits per heavy atom. The number of hydrogen-bond donors (Lipinski definition) is 1. The van der Waals surface area contributed by atoms with Gasteiger partial charge >= 0.3 is 0 Å². The van der Waals surface area contributed by atoms with E-state index >= 15 is 0 Å². The zero-order chi connectivity index (χ0) is 16.5. The number of fused-ring (bicyclic) bond motifs is 1. The lowest BCUT2D eigenvalue weighted by Gasteiger charge is -2.09. The lowest BCUT2D eigenvalue weighted by atomic mass is 10.3. The number of aryl methyl sites for hydroxylation is 1. The molecule has 3 heterocycles. The summed E-state index contributed by atoms with van der Waals surface area (Å²) in [5, 5.41) is 3.93.